The molecule has 0 bridgehead atoms. The summed E-state index contributed by atoms with van der Waals surface area (Å²) in [5.74, 6) is -0.801. The lowest BCUT2D eigenvalue weighted by molar-refractivity contribution is -0.149. The first-order valence-corrected chi connectivity index (χ1v) is 5.72. The number of carbonyl (C=O) groups excluding carboxylic acids is 2. The number of rotatable bonds is 7. The minimum atomic E-state index is -0.602. The van der Waals surface area contributed by atoms with Crippen LogP contribution in [0.25, 0.3) is 0 Å². The van der Waals surface area contributed by atoms with Crippen LogP contribution in [0.3, 0.4) is 0 Å². The van der Waals surface area contributed by atoms with Crippen molar-refractivity contribution in [3.05, 3.63) is 30.1 Å². The molecule has 6 heteroatoms. The number of benzene rings is 1. The highest BCUT2D eigenvalue weighted by atomic mass is 19.1. The molecule has 0 unspecified atom stereocenters. The largest absolute Gasteiger partial charge is 0.462 e. The van der Waals surface area contributed by atoms with E-state index in [1.165, 1.54) is 19.1 Å². The molecule has 0 fully saturated rings. The number of esters is 1. The molecule has 0 amide bonds. The van der Waals surface area contributed by atoms with Gasteiger partial charge in [0.25, 0.3) is 6.47 Å². The van der Waals surface area contributed by atoms with Gasteiger partial charge in [0.2, 0.25) is 0 Å². The zero-order chi connectivity index (χ0) is 14.3. The quantitative estimate of drug-likeness (QED) is 0.552. The minimum absolute atomic E-state index is 0.0340. The molecule has 0 saturated carbocycles. The molecule has 1 rings (SSSR count). The molecule has 0 radical (unpaired) electrons. The topological polar surface area (TPSA) is 55.8 Å². The Bertz CT molecular complexity index is 438. The molecule has 1 aromatic rings. The predicted molar refractivity (Wildman–Crippen MR) is 67.2 cm³/mol. The maximum absolute atomic E-state index is 13.1. The van der Waals surface area contributed by atoms with E-state index in [1.54, 1.807) is 24.1 Å². The fraction of sp³-hybridized carbons (Fsp3) is 0.385. The number of hydrogen-bond acceptors (Lipinski definition) is 5. The number of ether oxygens (including phenoxy) is 2. The first-order chi connectivity index (χ1) is 9.02. The van der Waals surface area contributed by atoms with Crippen molar-refractivity contribution < 1.29 is 23.5 Å². The number of carbonyl (C=O) groups is 2. The van der Waals surface area contributed by atoms with Crippen molar-refractivity contribution in [3.8, 4) is 0 Å². The first kappa shape index (κ1) is 14.9. The fourth-order valence-electron chi connectivity index (χ4n) is 1.55. The molecule has 0 saturated heterocycles. The summed E-state index contributed by atoms with van der Waals surface area (Å²) in [6.45, 7) is 1.82. The molecule has 1 aromatic carbocycles. The van der Waals surface area contributed by atoms with Gasteiger partial charge in [-0.05, 0) is 18.2 Å². The highest BCUT2D eigenvalue weighted by Crippen LogP contribution is 2.14. The summed E-state index contributed by atoms with van der Waals surface area (Å²) in [6.07, 6.45) is -0.602. The second-order valence-electron chi connectivity index (χ2n) is 4.02. The van der Waals surface area contributed by atoms with Crippen LogP contribution in [0.4, 0.5) is 10.1 Å². The van der Waals surface area contributed by atoms with Gasteiger partial charge in [-0.25, -0.2) is 4.39 Å². The Balaban J connectivity index is 2.62. The lowest BCUT2D eigenvalue weighted by atomic mass is 10.2. The van der Waals surface area contributed by atoms with E-state index < -0.39 is 12.1 Å². The second kappa shape index (κ2) is 7.35. The Morgan fingerprint density at radius 3 is 2.84 bits per heavy atom. The molecule has 0 spiro atoms. The summed E-state index contributed by atoms with van der Waals surface area (Å²) in [6, 6.07) is 6.02. The van der Waals surface area contributed by atoms with Gasteiger partial charge in [-0.2, -0.15) is 0 Å². The van der Waals surface area contributed by atoms with E-state index in [-0.39, 0.29) is 19.0 Å². The third-order valence-electron chi connectivity index (χ3n) is 2.45. The fourth-order valence-corrected chi connectivity index (χ4v) is 1.55. The summed E-state index contributed by atoms with van der Waals surface area (Å²) in [5.41, 5.74) is 0.641. The van der Waals surface area contributed by atoms with Crippen LogP contribution in [0.2, 0.25) is 0 Å². The zero-order valence-electron chi connectivity index (χ0n) is 10.8. The predicted octanol–water partition coefficient (Wildman–Crippen LogP) is 1.37. The summed E-state index contributed by atoms with van der Waals surface area (Å²) >= 11 is 0. The molecular weight excluding hydrogens is 253 g/mol. The van der Waals surface area contributed by atoms with E-state index in [0.29, 0.717) is 12.2 Å². The number of likely N-dealkylation sites (N-methyl/N-ethyl adjacent to an activating group) is 1. The molecule has 0 heterocycles. The molecule has 104 valence electrons. The van der Waals surface area contributed by atoms with E-state index in [1.807, 2.05) is 0 Å². The molecule has 5 nitrogen and oxygen atoms in total. The van der Waals surface area contributed by atoms with E-state index in [2.05, 4.69) is 0 Å². The van der Waals surface area contributed by atoms with Gasteiger partial charge >= 0.3 is 5.97 Å². The lowest BCUT2D eigenvalue weighted by Crippen LogP contribution is -2.34. The number of hydrogen-bond donors (Lipinski definition) is 0. The van der Waals surface area contributed by atoms with Crippen LogP contribution in [0.5, 0.6) is 0 Å². The molecule has 0 aliphatic carbocycles. The Morgan fingerprint density at radius 2 is 2.26 bits per heavy atom. The van der Waals surface area contributed by atoms with Crippen molar-refractivity contribution in [2.24, 2.45) is 0 Å². The minimum Gasteiger partial charge on any atom is -0.462 e. The average Bonchev–Trinajstić information content (AvgIpc) is 2.36. The first-order valence-electron chi connectivity index (χ1n) is 5.72. The number of halogens is 1. The molecular formula is C13H16FNO4. The van der Waals surface area contributed by atoms with Crippen LogP contribution in [0, 0.1) is 5.82 Å². The van der Waals surface area contributed by atoms with Crippen LogP contribution in [-0.4, -0.2) is 38.7 Å². The van der Waals surface area contributed by atoms with E-state index in [0.717, 1.165) is 0 Å². The van der Waals surface area contributed by atoms with Gasteiger partial charge in [-0.3, -0.25) is 9.59 Å². The normalized spacial score (nSPS) is 11.5. The maximum Gasteiger partial charge on any atom is 0.302 e. The summed E-state index contributed by atoms with van der Waals surface area (Å²) < 4.78 is 22.7. The van der Waals surface area contributed by atoms with E-state index in [9.17, 15) is 14.0 Å². The summed E-state index contributed by atoms with van der Waals surface area (Å²) in [7, 11) is 1.73. The Hall–Kier alpha value is -2.11. The van der Waals surface area contributed by atoms with Gasteiger partial charge in [0, 0.05) is 19.7 Å². The van der Waals surface area contributed by atoms with Crippen LogP contribution in [0.15, 0.2) is 24.3 Å². The summed E-state index contributed by atoms with van der Waals surface area (Å²) in [4.78, 5) is 22.8. The standard InChI is InChI=1S/C13H16FNO4/c1-10(17)18-8-13(19-9-16)7-15(2)12-5-3-4-11(14)6-12/h3-6,9,13H,7-8H2,1-2H3/t13-/m1/s1. The van der Waals surface area contributed by atoms with Gasteiger partial charge < -0.3 is 14.4 Å². The van der Waals surface area contributed by atoms with Crippen molar-refractivity contribution in [1.29, 1.82) is 0 Å². The Morgan fingerprint density at radius 1 is 1.53 bits per heavy atom. The Kier molecular flexibility index (Phi) is 5.78. The van der Waals surface area contributed by atoms with Gasteiger partial charge in [-0.15, -0.1) is 0 Å². The molecule has 19 heavy (non-hydrogen) atoms. The maximum atomic E-state index is 13.1. The van der Waals surface area contributed by atoms with Gasteiger partial charge in [0.15, 0.2) is 6.10 Å². The van der Waals surface area contributed by atoms with Gasteiger partial charge in [0.1, 0.15) is 12.4 Å². The lowest BCUT2D eigenvalue weighted by Gasteiger charge is -2.24. The van der Waals surface area contributed by atoms with Crippen molar-refractivity contribution in [2.75, 3.05) is 25.1 Å². The van der Waals surface area contributed by atoms with Crippen LogP contribution >= 0.6 is 0 Å². The smallest absolute Gasteiger partial charge is 0.302 e. The van der Waals surface area contributed by atoms with E-state index >= 15 is 0 Å². The highest BCUT2D eigenvalue weighted by molar-refractivity contribution is 5.65. The monoisotopic (exact) mass is 269 g/mol. The summed E-state index contributed by atoms with van der Waals surface area (Å²) in [5, 5.41) is 0. The second-order valence-corrected chi connectivity index (χ2v) is 4.02. The third-order valence-corrected chi connectivity index (χ3v) is 2.45. The van der Waals surface area contributed by atoms with Gasteiger partial charge in [0.05, 0.1) is 6.54 Å². The third kappa shape index (κ3) is 5.37. The molecule has 1 atom stereocenters. The molecule has 0 aromatic heterocycles. The van der Waals surface area contributed by atoms with Crippen molar-refractivity contribution in [3.63, 3.8) is 0 Å². The van der Waals surface area contributed by atoms with E-state index in [4.69, 9.17) is 9.47 Å². The van der Waals surface area contributed by atoms with Crippen molar-refractivity contribution >= 4 is 18.1 Å². The Labute approximate surface area is 110 Å². The van der Waals surface area contributed by atoms with Crippen molar-refractivity contribution in [1.82, 2.24) is 0 Å². The van der Waals surface area contributed by atoms with Gasteiger partial charge in [-0.1, -0.05) is 6.07 Å². The van der Waals surface area contributed by atoms with Crippen LogP contribution in [-0.2, 0) is 19.1 Å². The SMILES string of the molecule is CC(=O)OC[C@@H](CN(C)c1cccc(F)c1)OC=O. The zero-order valence-corrected chi connectivity index (χ0v) is 10.8. The molecule has 0 N–H and O–H groups in total. The number of anilines is 1. The number of nitrogens with zero attached hydrogens (tertiary/aromatic N) is 1. The average molecular weight is 269 g/mol. The highest BCUT2D eigenvalue weighted by Gasteiger charge is 2.15. The molecule has 0 aliphatic heterocycles. The van der Waals surface area contributed by atoms with Crippen LogP contribution < -0.4 is 4.90 Å². The van der Waals surface area contributed by atoms with Crippen LogP contribution in [0.1, 0.15) is 6.92 Å². The van der Waals surface area contributed by atoms with Crippen molar-refractivity contribution in [2.45, 2.75) is 13.0 Å². The molecule has 0 aliphatic rings.